The van der Waals surface area contributed by atoms with Crippen molar-refractivity contribution in [2.75, 3.05) is 20.8 Å². The molecule has 0 fully saturated rings. The summed E-state index contributed by atoms with van der Waals surface area (Å²) in [6, 6.07) is 7.71. The van der Waals surface area contributed by atoms with Gasteiger partial charge in [-0.05, 0) is 25.1 Å². The van der Waals surface area contributed by atoms with Crippen LogP contribution in [-0.4, -0.2) is 36.5 Å². The zero-order chi connectivity index (χ0) is 17.4. The van der Waals surface area contributed by atoms with Gasteiger partial charge in [-0.1, -0.05) is 0 Å². The van der Waals surface area contributed by atoms with Gasteiger partial charge in [-0.15, -0.1) is 24.0 Å². The number of nitrogens with one attached hydrogen (secondary N) is 2. The van der Waals surface area contributed by atoms with E-state index in [4.69, 9.17) is 9.47 Å². The van der Waals surface area contributed by atoms with E-state index in [1.165, 1.54) is 0 Å². The van der Waals surface area contributed by atoms with E-state index < -0.39 is 0 Å². The summed E-state index contributed by atoms with van der Waals surface area (Å²) in [5, 5.41) is 10.7. The second kappa shape index (κ2) is 10.8. The van der Waals surface area contributed by atoms with Gasteiger partial charge in [0.2, 0.25) is 0 Å². The van der Waals surface area contributed by atoms with Crippen LogP contribution in [0.15, 0.2) is 35.5 Å². The second-order valence-electron chi connectivity index (χ2n) is 5.17. The number of methoxy groups -OCH3 is 2. The summed E-state index contributed by atoms with van der Waals surface area (Å²) < 4.78 is 12.5. The molecule has 138 valence electrons. The molecule has 0 aliphatic heterocycles. The Bertz CT molecular complexity index is 687. The smallest absolute Gasteiger partial charge is 0.191 e. The summed E-state index contributed by atoms with van der Waals surface area (Å²) in [5.74, 6) is 2.28. The number of aromatic nitrogens is 2. The summed E-state index contributed by atoms with van der Waals surface area (Å²) in [5.41, 5.74) is 2.08. The van der Waals surface area contributed by atoms with Gasteiger partial charge in [0.15, 0.2) is 5.96 Å². The van der Waals surface area contributed by atoms with Gasteiger partial charge in [-0.2, -0.15) is 5.10 Å². The summed E-state index contributed by atoms with van der Waals surface area (Å²) >= 11 is 0. The fourth-order valence-electron chi connectivity index (χ4n) is 2.24. The third-order valence-electron chi connectivity index (χ3n) is 3.61. The molecule has 2 rings (SSSR count). The van der Waals surface area contributed by atoms with Crippen molar-refractivity contribution in [2.24, 2.45) is 12.0 Å². The molecule has 2 aromatic rings. The van der Waals surface area contributed by atoms with Crippen LogP contribution in [-0.2, 0) is 20.1 Å². The van der Waals surface area contributed by atoms with Crippen molar-refractivity contribution in [1.29, 1.82) is 0 Å². The average molecular weight is 459 g/mol. The topological polar surface area (TPSA) is 72.7 Å². The average Bonchev–Trinajstić information content (AvgIpc) is 3.02. The predicted octanol–water partition coefficient (Wildman–Crippen LogP) is 2.31. The van der Waals surface area contributed by atoms with Gasteiger partial charge in [0, 0.05) is 31.4 Å². The maximum atomic E-state index is 5.41. The second-order valence-corrected chi connectivity index (χ2v) is 5.17. The van der Waals surface area contributed by atoms with Crippen LogP contribution in [0.1, 0.15) is 18.2 Å². The molecule has 0 spiro atoms. The fraction of sp³-hybridized carbons (Fsp3) is 0.412. The first-order valence-corrected chi connectivity index (χ1v) is 7.87. The highest BCUT2D eigenvalue weighted by molar-refractivity contribution is 14.0. The van der Waals surface area contributed by atoms with Crippen molar-refractivity contribution < 1.29 is 9.47 Å². The summed E-state index contributed by atoms with van der Waals surface area (Å²) in [7, 11) is 5.20. The predicted molar refractivity (Wildman–Crippen MR) is 110 cm³/mol. The van der Waals surface area contributed by atoms with E-state index >= 15 is 0 Å². The highest BCUT2D eigenvalue weighted by Gasteiger charge is 2.06. The number of aliphatic imine (C=N–C) groups is 1. The highest BCUT2D eigenvalue weighted by atomic mass is 127. The molecule has 25 heavy (non-hydrogen) atoms. The number of hydrogen-bond donors (Lipinski definition) is 2. The number of halogens is 1. The van der Waals surface area contributed by atoms with Crippen molar-refractivity contribution in [1.82, 2.24) is 20.4 Å². The molecule has 0 aliphatic rings. The van der Waals surface area contributed by atoms with E-state index in [1.54, 1.807) is 20.4 Å². The largest absolute Gasteiger partial charge is 0.497 e. The van der Waals surface area contributed by atoms with E-state index in [2.05, 4.69) is 20.7 Å². The lowest BCUT2D eigenvalue weighted by molar-refractivity contribution is 0.391. The first kappa shape index (κ1) is 21.1. The van der Waals surface area contributed by atoms with Crippen LogP contribution in [0.25, 0.3) is 0 Å². The highest BCUT2D eigenvalue weighted by Crippen LogP contribution is 2.25. The van der Waals surface area contributed by atoms with Crippen molar-refractivity contribution in [3.8, 4) is 11.5 Å². The lowest BCUT2D eigenvalue weighted by Crippen LogP contribution is -2.37. The summed E-state index contributed by atoms with van der Waals surface area (Å²) in [6.45, 7) is 3.99. The molecular formula is C17H26IN5O2. The van der Waals surface area contributed by atoms with Crippen LogP contribution in [0.4, 0.5) is 0 Å². The molecule has 0 saturated carbocycles. The molecule has 0 unspecified atom stereocenters. The number of guanidine groups is 1. The van der Waals surface area contributed by atoms with E-state index in [0.717, 1.165) is 35.3 Å². The molecule has 0 amide bonds. The van der Waals surface area contributed by atoms with Crippen LogP contribution < -0.4 is 20.1 Å². The third-order valence-corrected chi connectivity index (χ3v) is 3.61. The first-order chi connectivity index (χ1) is 11.7. The normalized spacial score (nSPS) is 10.8. The van der Waals surface area contributed by atoms with Gasteiger partial charge in [0.05, 0.1) is 33.0 Å². The molecule has 1 heterocycles. The molecule has 0 atom stereocenters. The van der Waals surface area contributed by atoms with Gasteiger partial charge < -0.3 is 20.1 Å². The molecule has 7 nitrogen and oxygen atoms in total. The third kappa shape index (κ3) is 6.11. The van der Waals surface area contributed by atoms with Crippen LogP contribution in [0.2, 0.25) is 0 Å². The van der Waals surface area contributed by atoms with Gasteiger partial charge in [-0.25, -0.2) is 4.99 Å². The maximum absolute atomic E-state index is 5.41. The van der Waals surface area contributed by atoms with Crippen LogP contribution in [0, 0.1) is 0 Å². The number of ether oxygens (including phenoxy) is 2. The van der Waals surface area contributed by atoms with E-state index in [9.17, 15) is 0 Å². The van der Waals surface area contributed by atoms with E-state index in [1.807, 2.05) is 42.9 Å². The van der Waals surface area contributed by atoms with E-state index in [-0.39, 0.29) is 24.0 Å². The van der Waals surface area contributed by atoms with Gasteiger partial charge in [-0.3, -0.25) is 4.68 Å². The van der Waals surface area contributed by atoms with Crippen molar-refractivity contribution >= 4 is 29.9 Å². The molecule has 0 aliphatic carbocycles. The van der Waals surface area contributed by atoms with Gasteiger partial charge in [0.25, 0.3) is 0 Å². The molecule has 2 N–H and O–H groups in total. The minimum absolute atomic E-state index is 0. The molecule has 0 saturated heterocycles. The Morgan fingerprint density at radius 3 is 2.60 bits per heavy atom. The Morgan fingerprint density at radius 2 is 2.00 bits per heavy atom. The fourth-order valence-corrected chi connectivity index (χ4v) is 2.24. The maximum Gasteiger partial charge on any atom is 0.191 e. The van der Waals surface area contributed by atoms with Crippen LogP contribution in [0.5, 0.6) is 11.5 Å². The van der Waals surface area contributed by atoms with Crippen molar-refractivity contribution in [3.63, 3.8) is 0 Å². The quantitative estimate of drug-likeness (QED) is 0.378. The Kier molecular flexibility index (Phi) is 9.11. The Balaban J connectivity index is 0.00000312. The van der Waals surface area contributed by atoms with Gasteiger partial charge in [0.1, 0.15) is 11.5 Å². The Morgan fingerprint density at radius 1 is 1.20 bits per heavy atom. The number of aryl methyl sites for hydroxylation is 1. The van der Waals surface area contributed by atoms with Crippen molar-refractivity contribution in [2.45, 2.75) is 20.0 Å². The molecule has 0 bridgehead atoms. The van der Waals surface area contributed by atoms with E-state index in [0.29, 0.717) is 13.1 Å². The zero-order valence-electron chi connectivity index (χ0n) is 15.1. The molecule has 8 heteroatoms. The molecule has 1 aromatic heterocycles. The van der Waals surface area contributed by atoms with Crippen LogP contribution in [0.3, 0.4) is 0 Å². The molecular weight excluding hydrogens is 433 g/mol. The Hall–Kier alpha value is -1.97. The SMILES string of the molecule is CCNC(=NCc1ccc(OC)cc1OC)NCc1ccnn1C.I. The molecule has 0 radical (unpaired) electrons. The summed E-state index contributed by atoms with van der Waals surface area (Å²) in [6.07, 6.45) is 1.78. The summed E-state index contributed by atoms with van der Waals surface area (Å²) in [4.78, 5) is 4.62. The lowest BCUT2D eigenvalue weighted by atomic mass is 10.2. The van der Waals surface area contributed by atoms with Crippen molar-refractivity contribution in [3.05, 3.63) is 41.7 Å². The minimum atomic E-state index is 0. The van der Waals surface area contributed by atoms with Gasteiger partial charge >= 0.3 is 0 Å². The van der Waals surface area contributed by atoms with Crippen LogP contribution >= 0.6 is 24.0 Å². The lowest BCUT2D eigenvalue weighted by Gasteiger charge is -2.13. The number of rotatable bonds is 7. The zero-order valence-corrected chi connectivity index (χ0v) is 17.4. The number of hydrogen-bond acceptors (Lipinski definition) is 4. The first-order valence-electron chi connectivity index (χ1n) is 7.87. The molecule has 1 aromatic carbocycles. The Labute approximate surface area is 165 Å². The number of benzene rings is 1. The standard InChI is InChI=1S/C17H25N5O2.HI/c1-5-18-17(20-12-14-8-9-21-22(14)2)19-11-13-6-7-15(23-3)10-16(13)24-4;/h6-10H,5,11-12H2,1-4H3,(H2,18,19,20);1H. The number of nitrogens with zero attached hydrogens (tertiary/aromatic N) is 3. The minimum Gasteiger partial charge on any atom is -0.497 e. The monoisotopic (exact) mass is 459 g/mol.